The van der Waals surface area contributed by atoms with Crippen LogP contribution in [0.4, 0.5) is 0 Å². The van der Waals surface area contributed by atoms with Crippen LogP contribution in [0.15, 0.2) is 18.5 Å². The molecule has 0 bridgehead atoms. The van der Waals surface area contributed by atoms with Crippen LogP contribution >= 0.6 is 11.6 Å². The Morgan fingerprint density at radius 1 is 1.64 bits per heavy atom. The molecule has 1 N–H and O–H groups in total. The molecule has 58 valence electrons. The number of nitrogens with zero attached hydrogens (tertiary/aromatic N) is 1. The molecule has 0 aromatic carbocycles. The van der Waals surface area contributed by atoms with E-state index in [2.05, 4.69) is 10.3 Å². The number of halogens is 1. The summed E-state index contributed by atoms with van der Waals surface area (Å²) in [4.78, 5) is 4.02. The third kappa shape index (κ3) is 1.24. The largest absolute Gasteiger partial charge is 0.310 e. The number of pyridine rings is 1. The fourth-order valence-corrected chi connectivity index (χ4v) is 1.44. The zero-order valence-electron chi connectivity index (χ0n) is 6.05. The molecule has 2 heterocycles. The van der Waals surface area contributed by atoms with Gasteiger partial charge in [-0.25, -0.2) is 0 Å². The van der Waals surface area contributed by atoms with Crippen LogP contribution in [-0.4, -0.2) is 11.5 Å². The van der Waals surface area contributed by atoms with Gasteiger partial charge in [-0.1, -0.05) is 11.6 Å². The predicted octanol–water partition coefficient (Wildman–Crippen LogP) is 1.77. The van der Waals surface area contributed by atoms with Gasteiger partial charge >= 0.3 is 0 Å². The highest BCUT2D eigenvalue weighted by atomic mass is 35.5. The zero-order chi connectivity index (χ0) is 7.68. The molecule has 1 aromatic rings. The van der Waals surface area contributed by atoms with Crippen LogP contribution in [0.3, 0.4) is 0 Å². The Morgan fingerprint density at radius 2 is 2.45 bits per heavy atom. The highest BCUT2D eigenvalue weighted by Gasteiger charge is 2.20. The third-order valence-corrected chi connectivity index (χ3v) is 2.34. The van der Waals surface area contributed by atoms with E-state index in [-0.39, 0.29) is 0 Å². The molecule has 0 saturated carbocycles. The van der Waals surface area contributed by atoms with Crippen molar-refractivity contribution in [2.45, 2.75) is 12.5 Å². The average molecular weight is 169 g/mol. The molecule has 1 aliphatic rings. The lowest BCUT2D eigenvalue weighted by Crippen LogP contribution is -2.35. The van der Waals surface area contributed by atoms with Crippen molar-refractivity contribution in [1.82, 2.24) is 10.3 Å². The monoisotopic (exact) mass is 168 g/mol. The Balaban J connectivity index is 2.28. The van der Waals surface area contributed by atoms with Crippen molar-refractivity contribution in [1.29, 1.82) is 0 Å². The SMILES string of the molecule is Clc1ccncc1C1CCN1. The Morgan fingerprint density at radius 3 is 3.00 bits per heavy atom. The molecule has 2 rings (SSSR count). The first-order valence-corrected chi connectivity index (χ1v) is 4.08. The molecule has 1 saturated heterocycles. The quantitative estimate of drug-likeness (QED) is 0.692. The highest BCUT2D eigenvalue weighted by Crippen LogP contribution is 2.27. The molecule has 1 aromatic heterocycles. The molecule has 0 spiro atoms. The standard InChI is InChI=1S/C8H9ClN2/c9-7-1-3-10-5-6(7)8-2-4-11-8/h1,3,5,8,11H,2,4H2. The molecule has 0 amide bonds. The van der Waals surface area contributed by atoms with Gasteiger partial charge in [0.15, 0.2) is 0 Å². The summed E-state index contributed by atoms with van der Waals surface area (Å²) < 4.78 is 0. The second-order valence-electron chi connectivity index (χ2n) is 2.69. The predicted molar refractivity (Wildman–Crippen MR) is 44.6 cm³/mol. The Bertz CT molecular complexity index is 258. The molecule has 2 nitrogen and oxygen atoms in total. The lowest BCUT2D eigenvalue weighted by atomic mass is 10.00. The molecule has 1 unspecified atom stereocenters. The van der Waals surface area contributed by atoms with E-state index in [1.54, 1.807) is 6.20 Å². The van der Waals surface area contributed by atoms with Crippen molar-refractivity contribution in [3.8, 4) is 0 Å². The number of hydrogen-bond donors (Lipinski definition) is 1. The van der Waals surface area contributed by atoms with Gasteiger partial charge in [0.1, 0.15) is 0 Å². The summed E-state index contributed by atoms with van der Waals surface area (Å²) in [6, 6.07) is 2.27. The molecular weight excluding hydrogens is 160 g/mol. The van der Waals surface area contributed by atoms with Gasteiger partial charge < -0.3 is 5.32 Å². The van der Waals surface area contributed by atoms with Crippen LogP contribution in [-0.2, 0) is 0 Å². The normalized spacial score (nSPS) is 22.8. The fourth-order valence-electron chi connectivity index (χ4n) is 1.20. The summed E-state index contributed by atoms with van der Waals surface area (Å²) in [6.07, 6.45) is 4.72. The van der Waals surface area contributed by atoms with Crippen molar-refractivity contribution in [3.05, 3.63) is 29.0 Å². The summed E-state index contributed by atoms with van der Waals surface area (Å²) in [5.74, 6) is 0. The van der Waals surface area contributed by atoms with Gasteiger partial charge in [-0.3, -0.25) is 4.98 Å². The minimum Gasteiger partial charge on any atom is -0.310 e. The van der Waals surface area contributed by atoms with Gasteiger partial charge in [-0.05, 0) is 19.0 Å². The Hall–Kier alpha value is -0.600. The van der Waals surface area contributed by atoms with Crippen LogP contribution in [0.1, 0.15) is 18.0 Å². The summed E-state index contributed by atoms with van der Waals surface area (Å²) in [6.45, 7) is 1.09. The second-order valence-corrected chi connectivity index (χ2v) is 3.10. The number of nitrogens with one attached hydrogen (secondary N) is 1. The minimum atomic E-state index is 0.441. The van der Waals surface area contributed by atoms with Crippen molar-refractivity contribution >= 4 is 11.6 Å². The summed E-state index contributed by atoms with van der Waals surface area (Å²) in [7, 11) is 0. The van der Waals surface area contributed by atoms with Gasteiger partial charge in [-0.2, -0.15) is 0 Å². The van der Waals surface area contributed by atoms with Gasteiger partial charge in [0.25, 0.3) is 0 Å². The van der Waals surface area contributed by atoms with Crippen molar-refractivity contribution in [2.75, 3.05) is 6.54 Å². The number of aromatic nitrogens is 1. The number of rotatable bonds is 1. The van der Waals surface area contributed by atoms with E-state index in [0.29, 0.717) is 6.04 Å². The third-order valence-electron chi connectivity index (χ3n) is 2.00. The van der Waals surface area contributed by atoms with Crippen molar-refractivity contribution in [2.24, 2.45) is 0 Å². The lowest BCUT2D eigenvalue weighted by Gasteiger charge is -2.28. The first-order chi connectivity index (χ1) is 5.38. The van der Waals surface area contributed by atoms with E-state index in [9.17, 15) is 0 Å². The molecule has 1 aliphatic heterocycles. The zero-order valence-corrected chi connectivity index (χ0v) is 6.80. The number of hydrogen-bond acceptors (Lipinski definition) is 2. The van der Waals surface area contributed by atoms with Crippen molar-refractivity contribution in [3.63, 3.8) is 0 Å². The molecule has 1 atom stereocenters. The smallest absolute Gasteiger partial charge is 0.0484 e. The second kappa shape index (κ2) is 2.80. The molecule has 11 heavy (non-hydrogen) atoms. The van der Waals surface area contributed by atoms with E-state index in [0.717, 1.165) is 17.1 Å². The first-order valence-electron chi connectivity index (χ1n) is 3.71. The topological polar surface area (TPSA) is 24.9 Å². The summed E-state index contributed by atoms with van der Waals surface area (Å²) >= 11 is 5.95. The fraction of sp³-hybridized carbons (Fsp3) is 0.375. The lowest BCUT2D eigenvalue weighted by molar-refractivity contribution is 0.382. The Labute approximate surface area is 70.6 Å². The maximum absolute atomic E-state index is 5.95. The molecule has 3 heteroatoms. The van der Waals surface area contributed by atoms with E-state index in [1.807, 2.05) is 12.3 Å². The van der Waals surface area contributed by atoms with Gasteiger partial charge in [0.05, 0.1) is 0 Å². The van der Waals surface area contributed by atoms with Crippen LogP contribution < -0.4 is 5.32 Å². The average Bonchev–Trinajstić information content (AvgIpc) is 1.90. The van der Waals surface area contributed by atoms with Gasteiger partial charge in [-0.15, -0.1) is 0 Å². The van der Waals surface area contributed by atoms with E-state index in [1.165, 1.54) is 6.42 Å². The maximum Gasteiger partial charge on any atom is 0.0484 e. The van der Waals surface area contributed by atoms with E-state index in [4.69, 9.17) is 11.6 Å². The van der Waals surface area contributed by atoms with Gasteiger partial charge in [0.2, 0.25) is 0 Å². The summed E-state index contributed by atoms with van der Waals surface area (Å²) in [5.41, 5.74) is 1.13. The highest BCUT2D eigenvalue weighted by molar-refractivity contribution is 6.31. The molecule has 1 fully saturated rings. The van der Waals surface area contributed by atoms with Crippen LogP contribution in [0, 0.1) is 0 Å². The molecular formula is C8H9ClN2. The van der Waals surface area contributed by atoms with Crippen LogP contribution in [0.25, 0.3) is 0 Å². The minimum absolute atomic E-state index is 0.441. The maximum atomic E-state index is 5.95. The molecule has 0 aliphatic carbocycles. The van der Waals surface area contributed by atoms with E-state index >= 15 is 0 Å². The summed E-state index contributed by atoms with van der Waals surface area (Å²) in [5, 5.41) is 4.10. The van der Waals surface area contributed by atoms with Crippen molar-refractivity contribution < 1.29 is 0 Å². The molecule has 0 radical (unpaired) electrons. The van der Waals surface area contributed by atoms with Crippen LogP contribution in [0.5, 0.6) is 0 Å². The van der Waals surface area contributed by atoms with E-state index < -0.39 is 0 Å². The Kier molecular flexibility index (Phi) is 1.80. The first kappa shape index (κ1) is 7.07. The van der Waals surface area contributed by atoms with Gasteiger partial charge in [0, 0.05) is 29.0 Å². The van der Waals surface area contributed by atoms with Crippen LogP contribution in [0.2, 0.25) is 5.02 Å².